The first-order chi connectivity index (χ1) is 6.72. The molecule has 0 amide bonds. The van der Waals surface area contributed by atoms with Gasteiger partial charge in [0.1, 0.15) is 6.61 Å². The summed E-state index contributed by atoms with van der Waals surface area (Å²) in [6.45, 7) is 2.81. The Morgan fingerprint density at radius 3 is 3.00 bits per heavy atom. The minimum Gasteiger partial charge on any atom is -0.374 e. The molecule has 1 rings (SSSR count). The van der Waals surface area contributed by atoms with E-state index in [0.717, 1.165) is 6.42 Å². The summed E-state index contributed by atoms with van der Waals surface area (Å²) in [5, 5.41) is 7.56. The van der Waals surface area contributed by atoms with Crippen LogP contribution < -0.4 is 0 Å². The van der Waals surface area contributed by atoms with Crippen LogP contribution in [0.5, 0.6) is 0 Å². The van der Waals surface area contributed by atoms with E-state index in [4.69, 9.17) is 4.74 Å². The summed E-state index contributed by atoms with van der Waals surface area (Å²) in [5.74, 6) is 0.0407. The van der Waals surface area contributed by atoms with E-state index in [2.05, 4.69) is 10.3 Å². The molecule has 14 heavy (non-hydrogen) atoms. The summed E-state index contributed by atoms with van der Waals surface area (Å²) < 4.78 is 6.70. The Balaban J connectivity index is 2.27. The molecule has 0 bridgehead atoms. The fraction of sp³-hybridized carbons (Fsp3) is 0.667. The predicted octanol–water partition coefficient (Wildman–Crippen LogP) is 0.353. The lowest BCUT2D eigenvalue weighted by molar-refractivity contribution is -0.122. The monoisotopic (exact) mass is 197 g/mol. The SMILES string of the molecule is CCCOCC(=O)Cc1cn(C)nn1. The molecule has 0 radical (unpaired) electrons. The van der Waals surface area contributed by atoms with Gasteiger partial charge in [-0.2, -0.15) is 0 Å². The Morgan fingerprint density at radius 2 is 2.43 bits per heavy atom. The van der Waals surface area contributed by atoms with Crippen molar-refractivity contribution >= 4 is 5.78 Å². The van der Waals surface area contributed by atoms with Gasteiger partial charge in [-0.25, -0.2) is 0 Å². The third-order valence-electron chi connectivity index (χ3n) is 1.64. The van der Waals surface area contributed by atoms with E-state index in [1.165, 1.54) is 0 Å². The molecular formula is C9H15N3O2. The molecule has 0 unspecified atom stereocenters. The summed E-state index contributed by atoms with van der Waals surface area (Å²) >= 11 is 0. The second-order valence-corrected chi connectivity index (χ2v) is 3.15. The molecule has 1 aromatic rings. The average Bonchev–Trinajstić information content (AvgIpc) is 2.52. The molecule has 0 aliphatic rings. The van der Waals surface area contributed by atoms with E-state index in [9.17, 15) is 4.79 Å². The Labute approximate surface area is 83.1 Å². The van der Waals surface area contributed by atoms with Crippen molar-refractivity contribution in [3.8, 4) is 0 Å². The predicted molar refractivity (Wildman–Crippen MR) is 50.8 cm³/mol. The molecule has 5 heteroatoms. The number of hydrogen-bond donors (Lipinski definition) is 0. The fourth-order valence-electron chi connectivity index (χ4n) is 1.06. The molecule has 1 heterocycles. The van der Waals surface area contributed by atoms with Crippen LogP contribution in [-0.4, -0.2) is 34.0 Å². The molecule has 0 aliphatic heterocycles. The summed E-state index contributed by atoms with van der Waals surface area (Å²) in [6.07, 6.45) is 2.97. The van der Waals surface area contributed by atoms with Crippen LogP contribution in [0.2, 0.25) is 0 Å². The molecule has 0 aliphatic carbocycles. The number of nitrogens with zero attached hydrogens (tertiary/aromatic N) is 3. The Hall–Kier alpha value is -1.23. The Kier molecular flexibility index (Phi) is 4.25. The Bertz CT molecular complexity index is 296. The highest BCUT2D eigenvalue weighted by Gasteiger charge is 2.06. The van der Waals surface area contributed by atoms with Crippen molar-refractivity contribution in [2.24, 2.45) is 7.05 Å². The molecule has 5 nitrogen and oxygen atoms in total. The lowest BCUT2D eigenvalue weighted by atomic mass is 10.2. The number of Topliss-reactive ketones (excluding diaryl/α,β-unsaturated/α-hetero) is 1. The number of ether oxygens (including phenoxy) is 1. The van der Waals surface area contributed by atoms with Gasteiger partial charge in [-0.05, 0) is 6.42 Å². The normalized spacial score (nSPS) is 10.4. The minimum atomic E-state index is 0.0407. The topological polar surface area (TPSA) is 57.0 Å². The quantitative estimate of drug-likeness (QED) is 0.617. The van der Waals surface area contributed by atoms with Gasteiger partial charge in [-0.1, -0.05) is 12.1 Å². The third-order valence-corrected chi connectivity index (χ3v) is 1.64. The van der Waals surface area contributed by atoms with Crippen LogP contribution in [0.3, 0.4) is 0 Å². The van der Waals surface area contributed by atoms with Crippen molar-refractivity contribution in [3.05, 3.63) is 11.9 Å². The first-order valence-corrected chi connectivity index (χ1v) is 4.67. The molecule has 0 saturated carbocycles. The molecule has 1 aromatic heterocycles. The minimum absolute atomic E-state index is 0.0407. The van der Waals surface area contributed by atoms with E-state index < -0.39 is 0 Å². The zero-order chi connectivity index (χ0) is 10.4. The maximum atomic E-state index is 11.3. The van der Waals surface area contributed by atoms with Crippen molar-refractivity contribution in [2.75, 3.05) is 13.2 Å². The van der Waals surface area contributed by atoms with Crippen molar-refractivity contribution in [3.63, 3.8) is 0 Å². The van der Waals surface area contributed by atoms with Crippen LogP contribution in [0.1, 0.15) is 19.0 Å². The summed E-state index contributed by atoms with van der Waals surface area (Å²) in [5.41, 5.74) is 0.692. The zero-order valence-electron chi connectivity index (χ0n) is 8.56. The molecule has 0 N–H and O–H groups in total. The first-order valence-electron chi connectivity index (χ1n) is 4.67. The number of hydrogen-bond acceptors (Lipinski definition) is 4. The molecule has 78 valence electrons. The highest BCUT2D eigenvalue weighted by Crippen LogP contribution is 1.94. The zero-order valence-corrected chi connectivity index (χ0v) is 8.56. The summed E-state index contributed by atoms with van der Waals surface area (Å²) in [7, 11) is 1.77. The second kappa shape index (κ2) is 5.49. The average molecular weight is 197 g/mol. The highest BCUT2D eigenvalue weighted by atomic mass is 16.5. The van der Waals surface area contributed by atoms with E-state index in [-0.39, 0.29) is 12.4 Å². The lowest BCUT2D eigenvalue weighted by Gasteiger charge is -1.99. The van der Waals surface area contributed by atoms with Gasteiger partial charge >= 0.3 is 0 Å². The number of aryl methyl sites for hydroxylation is 1. The van der Waals surface area contributed by atoms with Crippen LogP contribution in [-0.2, 0) is 23.0 Å². The maximum absolute atomic E-state index is 11.3. The van der Waals surface area contributed by atoms with Gasteiger partial charge in [0, 0.05) is 19.9 Å². The van der Waals surface area contributed by atoms with Gasteiger partial charge in [-0.15, -0.1) is 5.10 Å². The fourth-order valence-corrected chi connectivity index (χ4v) is 1.06. The standard InChI is InChI=1S/C9H15N3O2/c1-3-4-14-7-9(13)5-8-6-12(2)11-10-8/h6H,3-5,7H2,1-2H3. The van der Waals surface area contributed by atoms with Crippen LogP contribution in [0.15, 0.2) is 6.20 Å². The van der Waals surface area contributed by atoms with Gasteiger partial charge < -0.3 is 4.74 Å². The van der Waals surface area contributed by atoms with Crippen molar-refractivity contribution < 1.29 is 9.53 Å². The van der Waals surface area contributed by atoms with Crippen molar-refractivity contribution in [2.45, 2.75) is 19.8 Å². The number of aromatic nitrogens is 3. The second-order valence-electron chi connectivity index (χ2n) is 3.15. The molecule has 0 atom stereocenters. The van der Waals surface area contributed by atoms with Gasteiger partial charge in [0.2, 0.25) is 0 Å². The Morgan fingerprint density at radius 1 is 1.64 bits per heavy atom. The molecule has 0 saturated heterocycles. The van der Waals surface area contributed by atoms with Gasteiger partial charge in [0.05, 0.1) is 12.1 Å². The van der Waals surface area contributed by atoms with E-state index in [1.807, 2.05) is 6.92 Å². The number of carbonyl (C=O) groups is 1. The van der Waals surface area contributed by atoms with Crippen molar-refractivity contribution in [1.29, 1.82) is 0 Å². The van der Waals surface area contributed by atoms with Gasteiger partial charge in [-0.3, -0.25) is 9.48 Å². The van der Waals surface area contributed by atoms with Crippen molar-refractivity contribution in [1.82, 2.24) is 15.0 Å². The van der Waals surface area contributed by atoms with Crippen LogP contribution in [0.4, 0.5) is 0 Å². The summed E-state index contributed by atoms with van der Waals surface area (Å²) in [4.78, 5) is 11.3. The largest absolute Gasteiger partial charge is 0.374 e. The molecule has 0 spiro atoms. The van der Waals surface area contributed by atoms with Gasteiger partial charge in [0.25, 0.3) is 0 Å². The molecular weight excluding hydrogens is 182 g/mol. The van der Waals surface area contributed by atoms with E-state index >= 15 is 0 Å². The number of ketones is 1. The smallest absolute Gasteiger partial charge is 0.164 e. The summed E-state index contributed by atoms with van der Waals surface area (Å²) in [6, 6.07) is 0. The van der Waals surface area contributed by atoms with E-state index in [0.29, 0.717) is 18.7 Å². The number of rotatable bonds is 6. The molecule has 0 fully saturated rings. The van der Waals surface area contributed by atoms with Crippen LogP contribution >= 0.6 is 0 Å². The maximum Gasteiger partial charge on any atom is 0.164 e. The third kappa shape index (κ3) is 3.66. The van der Waals surface area contributed by atoms with Crippen LogP contribution in [0.25, 0.3) is 0 Å². The van der Waals surface area contributed by atoms with Gasteiger partial charge in [0.15, 0.2) is 5.78 Å². The lowest BCUT2D eigenvalue weighted by Crippen LogP contribution is -2.12. The molecule has 0 aromatic carbocycles. The van der Waals surface area contributed by atoms with Crippen LogP contribution in [0, 0.1) is 0 Å². The highest BCUT2D eigenvalue weighted by molar-refractivity contribution is 5.81. The number of carbonyl (C=O) groups excluding carboxylic acids is 1. The van der Waals surface area contributed by atoms with E-state index in [1.54, 1.807) is 17.9 Å². The first kappa shape index (κ1) is 10.8.